The Kier molecular flexibility index (Phi) is 7.33. The van der Waals surface area contributed by atoms with Crippen molar-refractivity contribution in [3.05, 3.63) is 84.1 Å². The first kappa shape index (κ1) is 26.8. The molecule has 0 atom stereocenters. The van der Waals surface area contributed by atoms with Gasteiger partial charge in [0, 0.05) is 43.6 Å². The summed E-state index contributed by atoms with van der Waals surface area (Å²) in [6.45, 7) is 3.56. The Morgan fingerprint density at radius 2 is 1.71 bits per heavy atom. The van der Waals surface area contributed by atoms with Crippen LogP contribution in [-0.4, -0.2) is 76.6 Å². The SMILES string of the molecule is CN1CCC(N(C)C(=O)c2ccc(Nc3nc4c(N5CCC(C#N)(c6ccccc6)CC5)cccn4n3)cc2)CC1. The second kappa shape index (κ2) is 11.2. The highest BCUT2D eigenvalue weighted by atomic mass is 16.2. The number of hydrogen-bond donors (Lipinski definition) is 1. The zero-order chi connectivity index (χ0) is 28.4. The number of carbonyl (C=O) groups is 1. The van der Waals surface area contributed by atoms with Crippen LogP contribution >= 0.6 is 0 Å². The summed E-state index contributed by atoms with van der Waals surface area (Å²) >= 11 is 0. The maximum atomic E-state index is 13.1. The molecule has 0 unspecified atom stereocenters. The summed E-state index contributed by atoms with van der Waals surface area (Å²) in [4.78, 5) is 24.4. The van der Waals surface area contributed by atoms with E-state index < -0.39 is 5.41 Å². The molecule has 2 saturated heterocycles. The third-order valence-electron chi connectivity index (χ3n) is 8.78. The Hall–Kier alpha value is -4.42. The van der Waals surface area contributed by atoms with Crippen molar-refractivity contribution in [2.24, 2.45) is 0 Å². The van der Waals surface area contributed by atoms with Crippen molar-refractivity contribution in [3.8, 4) is 6.07 Å². The van der Waals surface area contributed by atoms with Gasteiger partial charge in [0.15, 0.2) is 5.65 Å². The van der Waals surface area contributed by atoms with E-state index in [1.54, 1.807) is 4.52 Å². The van der Waals surface area contributed by atoms with Gasteiger partial charge in [-0.05, 0) is 87.8 Å². The molecule has 41 heavy (non-hydrogen) atoms. The van der Waals surface area contributed by atoms with E-state index in [0.717, 1.165) is 74.4 Å². The fourth-order valence-corrected chi connectivity index (χ4v) is 6.12. The molecule has 2 aliphatic rings. The van der Waals surface area contributed by atoms with E-state index in [0.29, 0.717) is 11.5 Å². The number of fused-ring (bicyclic) bond motifs is 1. The minimum Gasteiger partial charge on any atom is -0.368 e. The van der Waals surface area contributed by atoms with Crippen LogP contribution in [0.4, 0.5) is 17.3 Å². The second-order valence-electron chi connectivity index (χ2n) is 11.3. The fourth-order valence-electron chi connectivity index (χ4n) is 6.12. The van der Waals surface area contributed by atoms with Crippen LogP contribution in [0.25, 0.3) is 5.65 Å². The molecule has 1 amide bonds. The number of nitriles is 1. The normalized spacial score (nSPS) is 17.7. The number of nitrogens with zero attached hydrogens (tertiary/aromatic N) is 7. The summed E-state index contributed by atoms with van der Waals surface area (Å²) < 4.78 is 1.79. The Morgan fingerprint density at radius 1 is 1.00 bits per heavy atom. The third kappa shape index (κ3) is 5.35. The number of aromatic nitrogens is 3. The lowest BCUT2D eigenvalue weighted by Gasteiger charge is -2.38. The predicted octanol–water partition coefficient (Wildman–Crippen LogP) is 4.70. The van der Waals surface area contributed by atoms with Gasteiger partial charge in [-0.25, -0.2) is 4.52 Å². The lowest BCUT2D eigenvalue weighted by molar-refractivity contribution is 0.0659. The predicted molar refractivity (Wildman–Crippen MR) is 161 cm³/mol. The number of amides is 1. The molecular formula is C32H36N8O. The molecule has 210 valence electrons. The molecule has 9 heteroatoms. The molecule has 0 bridgehead atoms. The monoisotopic (exact) mass is 548 g/mol. The number of nitrogens with one attached hydrogen (secondary N) is 1. The van der Waals surface area contributed by atoms with Gasteiger partial charge in [-0.2, -0.15) is 10.2 Å². The van der Waals surface area contributed by atoms with Gasteiger partial charge in [-0.15, -0.1) is 5.10 Å². The maximum Gasteiger partial charge on any atom is 0.253 e. The van der Waals surface area contributed by atoms with Crippen LogP contribution in [0.1, 0.15) is 41.6 Å². The molecule has 0 radical (unpaired) electrons. The number of pyridine rings is 1. The van der Waals surface area contributed by atoms with Crippen LogP contribution in [0.15, 0.2) is 72.9 Å². The first-order valence-corrected chi connectivity index (χ1v) is 14.4. The van der Waals surface area contributed by atoms with E-state index in [2.05, 4.69) is 51.5 Å². The molecule has 4 heterocycles. The average molecular weight is 549 g/mol. The first-order valence-electron chi connectivity index (χ1n) is 14.4. The van der Waals surface area contributed by atoms with Crippen molar-refractivity contribution in [2.75, 3.05) is 50.5 Å². The standard InChI is InChI=1S/C32H36N8O/c1-37-19-14-27(15-20-37)38(2)30(41)24-10-12-26(13-11-24)34-31-35-29-28(9-6-18-40(29)36-31)39-21-16-32(23-33,17-22-39)25-7-4-3-5-8-25/h3-13,18,27H,14-17,19-22H2,1-2H3,(H,34,36). The van der Waals surface area contributed by atoms with Crippen LogP contribution in [-0.2, 0) is 5.41 Å². The van der Waals surface area contributed by atoms with Crippen LogP contribution in [0.2, 0.25) is 0 Å². The minimum atomic E-state index is -0.460. The van der Waals surface area contributed by atoms with Gasteiger partial charge in [0.2, 0.25) is 5.95 Å². The maximum absolute atomic E-state index is 13.1. The van der Waals surface area contributed by atoms with Crippen LogP contribution in [0, 0.1) is 11.3 Å². The Morgan fingerprint density at radius 3 is 2.39 bits per heavy atom. The Balaban J connectivity index is 1.14. The molecule has 2 aromatic carbocycles. The number of piperidine rings is 2. The van der Waals surface area contributed by atoms with E-state index in [1.807, 2.05) is 66.7 Å². The van der Waals surface area contributed by atoms with Crippen molar-refractivity contribution >= 4 is 28.9 Å². The molecule has 1 N–H and O–H groups in total. The number of hydrogen-bond acceptors (Lipinski definition) is 7. The molecule has 2 aliphatic heterocycles. The van der Waals surface area contributed by atoms with Gasteiger partial charge in [0.25, 0.3) is 5.91 Å². The van der Waals surface area contributed by atoms with E-state index >= 15 is 0 Å². The summed E-state index contributed by atoms with van der Waals surface area (Å²) in [5.74, 6) is 0.545. The van der Waals surface area contributed by atoms with Crippen molar-refractivity contribution < 1.29 is 4.79 Å². The summed E-state index contributed by atoms with van der Waals surface area (Å²) in [5, 5.41) is 18.0. The highest BCUT2D eigenvalue weighted by molar-refractivity contribution is 5.94. The average Bonchev–Trinajstić information content (AvgIpc) is 3.44. The number of benzene rings is 2. The first-order chi connectivity index (χ1) is 20.0. The topological polar surface area (TPSA) is 92.8 Å². The lowest BCUT2D eigenvalue weighted by Crippen LogP contribution is -2.44. The number of rotatable bonds is 6. The number of likely N-dealkylation sites (tertiary alicyclic amines) is 1. The molecule has 0 saturated carbocycles. The van der Waals surface area contributed by atoms with Gasteiger partial charge in [0.05, 0.1) is 17.2 Å². The summed E-state index contributed by atoms with van der Waals surface area (Å²) in [7, 11) is 4.04. The minimum absolute atomic E-state index is 0.0517. The smallest absolute Gasteiger partial charge is 0.253 e. The largest absolute Gasteiger partial charge is 0.368 e. The second-order valence-corrected chi connectivity index (χ2v) is 11.3. The molecule has 6 rings (SSSR count). The Labute approximate surface area is 241 Å². The summed E-state index contributed by atoms with van der Waals surface area (Å²) in [6.07, 6.45) is 5.41. The van der Waals surface area contributed by atoms with Crippen molar-refractivity contribution in [2.45, 2.75) is 37.1 Å². The van der Waals surface area contributed by atoms with Gasteiger partial charge >= 0.3 is 0 Å². The quantitative estimate of drug-likeness (QED) is 0.373. The molecular weight excluding hydrogens is 512 g/mol. The van der Waals surface area contributed by atoms with E-state index in [-0.39, 0.29) is 11.9 Å². The highest BCUT2D eigenvalue weighted by Crippen LogP contribution is 2.37. The van der Waals surface area contributed by atoms with E-state index in [9.17, 15) is 10.1 Å². The van der Waals surface area contributed by atoms with Crippen LogP contribution in [0.3, 0.4) is 0 Å². The third-order valence-corrected chi connectivity index (χ3v) is 8.78. The molecule has 4 aromatic rings. The van der Waals surface area contributed by atoms with Gasteiger partial charge in [0.1, 0.15) is 0 Å². The van der Waals surface area contributed by atoms with Gasteiger partial charge in [-0.1, -0.05) is 30.3 Å². The van der Waals surface area contributed by atoms with Crippen molar-refractivity contribution in [1.29, 1.82) is 5.26 Å². The highest BCUT2D eigenvalue weighted by Gasteiger charge is 2.37. The molecule has 2 aromatic heterocycles. The number of anilines is 3. The zero-order valence-corrected chi connectivity index (χ0v) is 23.7. The number of carbonyl (C=O) groups excluding carboxylic acids is 1. The van der Waals surface area contributed by atoms with Crippen LogP contribution in [0.5, 0.6) is 0 Å². The van der Waals surface area contributed by atoms with Gasteiger partial charge in [-0.3, -0.25) is 4.79 Å². The lowest BCUT2D eigenvalue weighted by atomic mass is 9.74. The van der Waals surface area contributed by atoms with Crippen molar-refractivity contribution in [3.63, 3.8) is 0 Å². The molecule has 9 nitrogen and oxygen atoms in total. The molecule has 2 fully saturated rings. The molecule has 0 aliphatic carbocycles. The fraction of sp³-hybridized carbons (Fsp3) is 0.375. The van der Waals surface area contributed by atoms with Crippen molar-refractivity contribution in [1.82, 2.24) is 24.4 Å². The Bertz CT molecular complexity index is 1540. The van der Waals surface area contributed by atoms with E-state index in [4.69, 9.17) is 4.98 Å². The summed E-state index contributed by atoms with van der Waals surface area (Å²) in [5.41, 5.74) is 3.90. The zero-order valence-electron chi connectivity index (χ0n) is 23.7. The van der Waals surface area contributed by atoms with Crippen LogP contribution < -0.4 is 10.2 Å². The molecule has 0 spiro atoms. The summed E-state index contributed by atoms with van der Waals surface area (Å²) in [6, 6.07) is 24.6. The van der Waals surface area contributed by atoms with Gasteiger partial charge < -0.3 is 20.0 Å². The van der Waals surface area contributed by atoms with E-state index in [1.165, 1.54) is 0 Å².